The predicted molar refractivity (Wildman–Crippen MR) is 87.8 cm³/mol. The van der Waals surface area contributed by atoms with Crippen LogP contribution in [0.5, 0.6) is 0 Å². The Kier molecular flexibility index (Phi) is 3.61. The second-order valence-corrected chi connectivity index (χ2v) is 5.83. The van der Waals surface area contributed by atoms with Gasteiger partial charge in [-0.25, -0.2) is 9.37 Å². The van der Waals surface area contributed by atoms with Crippen LogP contribution in [0.3, 0.4) is 0 Å². The molecule has 4 nitrogen and oxygen atoms in total. The summed E-state index contributed by atoms with van der Waals surface area (Å²) in [6, 6.07) is 13.5. The van der Waals surface area contributed by atoms with Crippen LogP contribution in [0.15, 0.2) is 59.1 Å². The van der Waals surface area contributed by atoms with Crippen molar-refractivity contribution in [1.29, 1.82) is 0 Å². The first-order chi connectivity index (χ1) is 11.7. The van der Waals surface area contributed by atoms with Crippen molar-refractivity contribution in [3.63, 3.8) is 0 Å². The third-order valence-corrected chi connectivity index (χ3v) is 3.95. The number of oxazole rings is 1. The number of rotatable bonds is 4. The molecule has 24 heavy (non-hydrogen) atoms. The van der Waals surface area contributed by atoms with E-state index in [0.29, 0.717) is 22.8 Å². The first-order valence-corrected chi connectivity index (χ1v) is 7.83. The molecule has 1 heterocycles. The van der Waals surface area contributed by atoms with Crippen LogP contribution in [-0.2, 0) is 0 Å². The fourth-order valence-corrected chi connectivity index (χ4v) is 2.50. The number of hydrogen-bond donors (Lipinski definition) is 1. The molecular formula is C19H15FN2O2. The molecule has 0 aliphatic heterocycles. The van der Waals surface area contributed by atoms with Crippen LogP contribution < -0.4 is 5.32 Å². The van der Waals surface area contributed by atoms with Crippen LogP contribution in [0.25, 0.3) is 22.8 Å². The number of benzene rings is 2. The third kappa shape index (κ3) is 2.93. The number of amides is 1. The summed E-state index contributed by atoms with van der Waals surface area (Å²) in [6.07, 6.45) is 3.64. The Labute approximate surface area is 138 Å². The molecule has 1 saturated carbocycles. The van der Waals surface area contributed by atoms with Gasteiger partial charge in [0.2, 0.25) is 5.89 Å². The van der Waals surface area contributed by atoms with Crippen LogP contribution in [0, 0.1) is 5.82 Å². The summed E-state index contributed by atoms with van der Waals surface area (Å²) in [7, 11) is 0. The summed E-state index contributed by atoms with van der Waals surface area (Å²) in [5, 5.41) is 2.97. The molecule has 3 aromatic rings. The Morgan fingerprint density at radius 2 is 1.88 bits per heavy atom. The van der Waals surface area contributed by atoms with E-state index in [2.05, 4.69) is 10.3 Å². The molecule has 0 unspecified atom stereocenters. The first-order valence-electron chi connectivity index (χ1n) is 7.83. The van der Waals surface area contributed by atoms with E-state index >= 15 is 0 Å². The van der Waals surface area contributed by atoms with Crippen molar-refractivity contribution < 1.29 is 13.6 Å². The minimum absolute atomic E-state index is 0.116. The molecule has 2 aromatic carbocycles. The summed E-state index contributed by atoms with van der Waals surface area (Å²) in [5.74, 6) is 0.480. The van der Waals surface area contributed by atoms with Crippen LogP contribution in [-0.4, -0.2) is 16.9 Å². The highest BCUT2D eigenvalue weighted by molar-refractivity contribution is 6.00. The zero-order chi connectivity index (χ0) is 16.5. The second-order valence-electron chi connectivity index (χ2n) is 5.83. The van der Waals surface area contributed by atoms with Crippen LogP contribution in [0.4, 0.5) is 4.39 Å². The molecule has 0 atom stereocenters. The van der Waals surface area contributed by atoms with Gasteiger partial charge in [0.1, 0.15) is 5.82 Å². The lowest BCUT2D eigenvalue weighted by Crippen LogP contribution is -2.25. The molecule has 1 fully saturated rings. The summed E-state index contributed by atoms with van der Waals surface area (Å²) in [5.41, 5.74) is 1.91. The third-order valence-electron chi connectivity index (χ3n) is 3.95. The van der Waals surface area contributed by atoms with Gasteiger partial charge < -0.3 is 9.73 Å². The van der Waals surface area contributed by atoms with Crippen molar-refractivity contribution in [3.05, 3.63) is 66.1 Å². The fraction of sp³-hybridized carbons (Fsp3) is 0.158. The van der Waals surface area contributed by atoms with Crippen molar-refractivity contribution in [2.45, 2.75) is 18.9 Å². The van der Waals surface area contributed by atoms with E-state index in [0.717, 1.165) is 18.4 Å². The molecule has 0 spiro atoms. The van der Waals surface area contributed by atoms with E-state index in [1.807, 2.05) is 18.2 Å². The number of halogens is 1. The zero-order valence-corrected chi connectivity index (χ0v) is 12.8. The van der Waals surface area contributed by atoms with E-state index < -0.39 is 0 Å². The maximum absolute atomic E-state index is 13.0. The van der Waals surface area contributed by atoms with Gasteiger partial charge in [-0.05, 0) is 49.2 Å². The molecule has 120 valence electrons. The Morgan fingerprint density at radius 3 is 2.62 bits per heavy atom. The average Bonchev–Trinajstić information content (AvgIpc) is 3.28. The van der Waals surface area contributed by atoms with Gasteiger partial charge in [0, 0.05) is 17.2 Å². The topological polar surface area (TPSA) is 55.1 Å². The SMILES string of the molecule is O=C(NC1CC1)c1ccccc1-c1ncc(-c2ccc(F)cc2)o1. The number of nitrogens with zero attached hydrogens (tertiary/aromatic N) is 1. The number of carbonyl (C=O) groups excluding carboxylic acids is 1. The maximum atomic E-state index is 13.0. The number of hydrogen-bond acceptors (Lipinski definition) is 3. The molecule has 1 aliphatic carbocycles. The lowest BCUT2D eigenvalue weighted by Gasteiger charge is -2.07. The smallest absolute Gasteiger partial charge is 0.252 e. The minimum atomic E-state index is -0.305. The highest BCUT2D eigenvalue weighted by Gasteiger charge is 2.25. The lowest BCUT2D eigenvalue weighted by molar-refractivity contribution is 0.0951. The lowest BCUT2D eigenvalue weighted by atomic mass is 10.1. The average molecular weight is 322 g/mol. The molecule has 1 aliphatic rings. The van der Waals surface area contributed by atoms with Crippen molar-refractivity contribution in [2.75, 3.05) is 0 Å². The van der Waals surface area contributed by atoms with Gasteiger partial charge in [0.25, 0.3) is 5.91 Å². The first kappa shape index (κ1) is 14.6. The number of nitrogens with one attached hydrogen (secondary N) is 1. The minimum Gasteiger partial charge on any atom is -0.436 e. The molecular weight excluding hydrogens is 307 g/mol. The second kappa shape index (κ2) is 5.92. The van der Waals surface area contributed by atoms with Gasteiger partial charge in [-0.2, -0.15) is 0 Å². The van der Waals surface area contributed by atoms with E-state index in [-0.39, 0.29) is 17.8 Å². The maximum Gasteiger partial charge on any atom is 0.252 e. The Balaban J connectivity index is 1.67. The Morgan fingerprint density at radius 1 is 1.12 bits per heavy atom. The van der Waals surface area contributed by atoms with Gasteiger partial charge >= 0.3 is 0 Å². The number of carbonyl (C=O) groups is 1. The molecule has 0 radical (unpaired) electrons. The summed E-state index contributed by atoms with van der Waals surface area (Å²) < 4.78 is 18.8. The van der Waals surface area contributed by atoms with E-state index in [4.69, 9.17) is 4.42 Å². The van der Waals surface area contributed by atoms with E-state index in [1.165, 1.54) is 12.1 Å². The quantitative estimate of drug-likeness (QED) is 0.788. The van der Waals surface area contributed by atoms with Gasteiger partial charge in [-0.3, -0.25) is 4.79 Å². The molecule has 0 saturated heterocycles. The standard InChI is InChI=1S/C19H15FN2O2/c20-13-7-5-12(6-8-13)17-11-21-19(24-17)16-4-2-1-3-15(16)18(23)22-14-9-10-14/h1-8,11,14H,9-10H2,(H,22,23). The number of aromatic nitrogens is 1. The van der Waals surface area contributed by atoms with Gasteiger partial charge in [-0.1, -0.05) is 12.1 Å². The molecule has 4 rings (SSSR count). The highest BCUT2D eigenvalue weighted by Crippen LogP contribution is 2.29. The van der Waals surface area contributed by atoms with Crippen molar-refractivity contribution >= 4 is 5.91 Å². The van der Waals surface area contributed by atoms with Crippen LogP contribution in [0.1, 0.15) is 23.2 Å². The van der Waals surface area contributed by atoms with Crippen molar-refractivity contribution in [1.82, 2.24) is 10.3 Å². The van der Waals surface area contributed by atoms with Crippen molar-refractivity contribution in [3.8, 4) is 22.8 Å². The van der Waals surface area contributed by atoms with Crippen LogP contribution in [0.2, 0.25) is 0 Å². The van der Waals surface area contributed by atoms with E-state index in [9.17, 15) is 9.18 Å². The van der Waals surface area contributed by atoms with Gasteiger partial charge in [-0.15, -0.1) is 0 Å². The molecule has 1 N–H and O–H groups in total. The summed E-state index contributed by atoms with van der Waals surface area (Å²) in [4.78, 5) is 16.7. The highest BCUT2D eigenvalue weighted by atomic mass is 19.1. The molecule has 1 aromatic heterocycles. The van der Waals surface area contributed by atoms with Gasteiger partial charge in [0.05, 0.1) is 11.8 Å². The predicted octanol–water partition coefficient (Wildman–Crippen LogP) is 4.04. The summed E-state index contributed by atoms with van der Waals surface area (Å²) in [6.45, 7) is 0. The molecule has 5 heteroatoms. The molecule has 0 bridgehead atoms. The monoisotopic (exact) mass is 322 g/mol. The fourth-order valence-electron chi connectivity index (χ4n) is 2.50. The van der Waals surface area contributed by atoms with Gasteiger partial charge in [0.15, 0.2) is 5.76 Å². The van der Waals surface area contributed by atoms with Crippen LogP contribution >= 0.6 is 0 Å². The largest absolute Gasteiger partial charge is 0.436 e. The zero-order valence-electron chi connectivity index (χ0n) is 12.8. The van der Waals surface area contributed by atoms with Crippen molar-refractivity contribution in [2.24, 2.45) is 0 Å². The normalized spacial score (nSPS) is 13.7. The Bertz CT molecular complexity index is 882. The summed E-state index contributed by atoms with van der Waals surface area (Å²) >= 11 is 0. The molecule has 1 amide bonds. The van der Waals surface area contributed by atoms with E-state index in [1.54, 1.807) is 24.4 Å². The Hall–Kier alpha value is -2.95.